The molecule has 0 saturated carbocycles. The van der Waals surface area contributed by atoms with Crippen molar-refractivity contribution in [3.63, 3.8) is 0 Å². The Hall–Kier alpha value is -2.53. The molecule has 2 aromatic carbocycles. The first-order valence-electron chi connectivity index (χ1n) is 7.56. The van der Waals surface area contributed by atoms with Crippen LogP contribution in [-0.2, 0) is 4.74 Å². The van der Waals surface area contributed by atoms with E-state index in [1.54, 1.807) is 31.2 Å². The number of carbonyl (C=O) groups is 1. The van der Waals surface area contributed by atoms with Gasteiger partial charge in [-0.1, -0.05) is 18.2 Å². The molecule has 0 fully saturated rings. The summed E-state index contributed by atoms with van der Waals surface area (Å²) in [5.74, 6) is 0.390. The monoisotopic (exact) mass is 315 g/mol. The molecule has 0 unspecified atom stereocenters. The number of hydrogen-bond donors (Lipinski definition) is 2. The van der Waals surface area contributed by atoms with E-state index < -0.39 is 6.10 Å². The minimum Gasteiger partial charge on any atom is -0.491 e. The van der Waals surface area contributed by atoms with Crippen LogP contribution in [0.1, 0.15) is 17.3 Å². The molecule has 2 N–H and O–H groups in total. The number of para-hydroxylation sites is 1. The van der Waals surface area contributed by atoms with E-state index in [9.17, 15) is 9.90 Å². The maximum atomic E-state index is 11.5. The Morgan fingerprint density at radius 2 is 1.83 bits per heavy atom. The van der Waals surface area contributed by atoms with Gasteiger partial charge in [-0.25, -0.2) is 4.79 Å². The highest BCUT2D eigenvalue weighted by molar-refractivity contribution is 5.89. The predicted octanol–water partition coefficient (Wildman–Crippen LogP) is 2.72. The van der Waals surface area contributed by atoms with Crippen LogP contribution in [0.2, 0.25) is 0 Å². The van der Waals surface area contributed by atoms with E-state index >= 15 is 0 Å². The molecule has 5 nitrogen and oxygen atoms in total. The third-order valence-electron chi connectivity index (χ3n) is 3.12. The van der Waals surface area contributed by atoms with E-state index in [0.29, 0.717) is 18.7 Å². The van der Waals surface area contributed by atoms with Gasteiger partial charge >= 0.3 is 5.97 Å². The lowest BCUT2D eigenvalue weighted by atomic mass is 10.2. The number of ether oxygens (including phenoxy) is 2. The van der Waals surface area contributed by atoms with Crippen molar-refractivity contribution >= 4 is 11.7 Å². The molecule has 0 aliphatic carbocycles. The second-order valence-electron chi connectivity index (χ2n) is 4.96. The summed E-state index contributed by atoms with van der Waals surface area (Å²) in [5.41, 5.74) is 1.32. The summed E-state index contributed by atoms with van der Waals surface area (Å²) in [6.07, 6.45) is -0.639. The summed E-state index contributed by atoms with van der Waals surface area (Å²) < 4.78 is 10.4. The molecule has 0 heterocycles. The maximum Gasteiger partial charge on any atom is 0.338 e. The molecule has 0 aliphatic heterocycles. The Labute approximate surface area is 135 Å². The minimum atomic E-state index is -0.639. The molecule has 0 spiro atoms. The SMILES string of the molecule is CCOC(=O)c1ccc(NC[C@H](O)COc2ccccc2)cc1. The van der Waals surface area contributed by atoms with Crippen LogP contribution >= 0.6 is 0 Å². The molecule has 1 atom stereocenters. The number of esters is 1. The van der Waals surface area contributed by atoms with E-state index in [4.69, 9.17) is 9.47 Å². The number of aliphatic hydroxyl groups is 1. The highest BCUT2D eigenvalue weighted by Gasteiger charge is 2.07. The quantitative estimate of drug-likeness (QED) is 0.733. The molecular formula is C18H21NO4. The molecule has 5 heteroatoms. The second kappa shape index (κ2) is 8.80. The number of anilines is 1. The van der Waals surface area contributed by atoms with E-state index in [2.05, 4.69) is 5.32 Å². The molecule has 2 aromatic rings. The van der Waals surface area contributed by atoms with Crippen LogP contribution in [0.25, 0.3) is 0 Å². The molecule has 2 rings (SSSR count). The van der Waals surface area contributed by atoms with Gasteiger partial charge in [-0.15, -0.1) is 0 Å². The lowest BCUT2D eigenvalue weighted by Crippen LogP contribution is -2.26. The van der Waals surface area contributed by atoms with Crippen molar-refractivity contribution < 1.29 is 19.4 Å². The molecule has 0 bridgehead atoms. The van der Waals surface area contributed by atoms with E-state index in [0.717, 1.165) is 11.4 Å². The molecule has 0 aliphatic rings. The number of hydrogen-bond acceptors (Lipinski definition) is 5. The van der Waals surface area contributed by atoms with E-state index in [-0.39, 0.29) is 12.6 Å². The van der Waals surface area contributed by atoms with Gasteiger partial charge in [0.1, 0.15) is 18.5 Å². The van der Waals surface area contributed by atoms with Gasteiger partial charge in [-0.3, -0.25) is 0 Å². The van der Waals surface area contributed by atoms with Crippen LogP contribution in [0.5, 0.6) is 5.75 Å². The number of benzene rings is 2. The first-order chi connectivity index (χ1) is 11.2. The van der Waals surface area contributed by atoms with Crippen molar-refractivity contribution in [1.82, 2.24) is 0 Å². The van der Waals surface area contributed by atoms with Gasteiger partial charge in [-0.2, -0.15) is 0 Å². The smallest absolute Gasteiger partial charge is 0.338 e. The number of nitrogens with one attached hydrogen (secondary N) is 1. The predicted molar refractivity (Wildman–Crippen MR) is 88.8 cm³/mol. The summed E-state index contributed by atoms with van der Waals surface area (Å²) in [7, 11) is 0. The van der Waals surface area contributed by atoms with Crippen molar-refractivity contribution in [3.05, 3.63) is 60.2 Å². The van der Waals surface area contributed by atoms with Crippen molar-refractivity contribution in [1.29, 1.82) is 0 Å². The van der Waals surface area contributed by atoms with Crippen molar-refractivity contribution in [3.8, 4) is 5.75 Å². The van der Waals surface area contributed by atoms with Crippen LogP contribution in [0, 0.1) is 0 Å². The molecule has 0 amide bonds. The van der Waals surface area contributed by atoms with E-state index in [1.807, 2.05) is 30.3 Å². The average molecular weight is 315 g/mol. The van der Waals surface area contributed by atoms with Crippen LogP contribution in [0.4, 0.5) is 5.69 Å². The highest BCUT2D eigenvalue weighted by atomic mass is 16.5. The lowest BCUT2D eigenvalue weighted by molar-refractivity contribution is 0.0526. The molecule has 122 valence electrons. The van der Waals surface area contributed by atoms with Gasteiger partial charge in [0.05, 0.1) is 12.2 Å². The molecule has 0 saturated heterocycles. The topological polar surface area (TPSA) is 67.8 Å². The highest BCUT2D eigenvalue weighted by Crippen LogP contribution is 2.11. The zero-order valence-corrected chi connectivity index (χ0v) is 13.1. The van der Waals surface area contributed by atoms with Crippen LogP contribution in [-0.4, -0.2) is 36.9 Å². The number of carbonyl (C=O) groups excluding carboxylic acids is 1. The summed E-state index contributed by atoms with van der Waals surface area (Å²) in [4.78, 5) is 11.5. The van der Waals surface area contributed by atoms with Gasteiger partial charge in [-0.05, 0) is 43.3 Å². The minimum absolute atomic E-state index is 0.206. The van der Waals surface area contributed by atoms with Crippen molar-refractivity contribution in [2.75, 3.05) is 25.1 Å². The fourth-order valence-electron chi connectivity index (χ4n) is 1.94. The fourth-order valence-corrected chi connectivity index (χ4v) is 1.94. The van der Waals surface area contributed by atoms with E-state index in [1.165, 1.54) is 0 Å². The summed E-state index contributed by atoms with van der Waals surface area (Å²) in [6, 6.07) is 16.3. The lowest BCUT2D eigenvalue weighted by Gasteiger charge is -2.14. The Bertz CT molecular complexity index is 598. The second-order valence-corrected chi connectivity index (χ2v) is 4.96. The molecular weight excluding hydrogens is 294 g/mol. The molecule has 0 radical (unpaired) electrons. The van der Waals surface area contributed by atoms with Gasteiger partial charge in [0.2, 0.25) is 0 Å². The third kappa shape index (κ3) is 5.64. The molecule has 0 aromatic heterocycles. The first-order valence-corrected chi connectivity index (χ1v) is 7.56. The standard InChI is InChI=1S/C18H21NO4/c1-2-22-18(21)14-8-10-15(11-9-14)19-12-16(20)13-23-17-6-4-3-5-7-17/h3-11,16,19-20H,2,12-13H2,1H3/t16-/m0/s1. The fraction of sp³-hybridized carbons (Fsp3) is 0.278. The summed E-state index contributed by atoms with van der Waals surface area (Å²) >= 11 is 0. The van der Waals surface area contributed by atoms with Gasteiger partial charge < -0.3 is 19.9 Å². The normalized spacial score (nSPS) is 11.6. The average Bonchev–Trinajstić information content (AvgIpc) is 2.59. The maximum absolute atomic E-state index is 11.5. The zero-order chi connectivity index (χ0) is 16.5. The van der Waals surface area contributed by atoms with Gasteiger partial charge in [0.25, 0.3) is 0 Å². The Morgan fingerprint density at radius 1 is 1.13 bits per heavy atom. The number of aliphatic hydroxyl groups excluding tert-OH is 1. The van der Waals surface area contributed by atoms with Crippen molar-refractivity contribution in [2.24, 2.45) is 0 Å². The number of rotatable bonds is 8. The summed E-state index contributed by atoms with van der Waals surface area (Å²) in [5, 5.41) is 13.0. The van der Waals surface area contributed by atoms with Gasteiger partial charge in [0, 0.05) is 12.2 Å². The Morgan fingerprint density at radius 3 is 2.48 bits per heavy atom. The first kappa shape index (κ1) is 16.8. The Kier molecular flexibility index (Phi) is 6.44. The van der Waals surface area contributed by atoms with Crippen LogP contribution in [0.3, 0.4) is 0 Å². The van der Waals surface area contributed by atoms with Crippen molar-refractivity contribution in [2.45, 2.75) is 13.0 Å². The van der Waals surface area contributed by atoms with Gasteiger partial charge in [0.15, 0.2) is 0 Å². The third-order valence-corrected chi connectivity index (χ3v) is 3.12. The Balaban J connectivity index is 1.75. The zero-order valence-electron chi connectivity index (χ0n) is 13.1. The van der Waals surface area contributed by atoms with Crippen LogP contribution < -0.4 is 10.1 Å². The van der Waals surface area contributed by atoms with Crippen LogP contribution in [0.15, 0.2) is 54.6 Å². The summed E-state index contributed by atoms with van der Waals surface area (Å²) in [6.45, 7) is 2.68. The molecule has 23 heavy (non-hydrogen) atoms. The largest absolute Gasteiger partial charge is 0.491 e.